The fraction of sp³-hybridized carbons (Fsp3) is 0.538. The van der Waals surface area contributed by atoms with Gasteiger partial charge in [0.05, 0.1) is 0 Å². The zero-order valence-corrected chi connectivity index (χ0v) is 9.57. The molecule has 1 aromatic carbocycles. The van der Waals surface area contributed by atoms with Crippen molar-refractivity contribution in [2.24, 2.45) is 0 Å². The fourth-order valence-corrected chi connectivity index (χ4v) is 2.25. The predicted molar refractivity (Wildman–Crippen MR) is 62.1 cm³/mol. The summed E-state index contributed by atoms with van der Waals surface area (Å²) in [7, 11) is 0. The van der Waals surface area contributed by atoms with Crippen molar-refractivity contribution in [3.05, 3.63) is 28.3 Å². The van der Waals surface area contributed by atoms with Gasteiger partial charge in [-0.3, -0.25) is 0 Å². The van der Waals surface area contributed by atoms with Crippen molar-refractivity contribution in [3.8, 4) is 0 Å². The minimum Gasteiger partial charge on any atom is -0.382 e. The van der Waals surface area contributed by atoms with E-state index in [0.29, 0.717) is 6.04 Å². The average molecular weight is 189 g/mol. The maximum atomic E-state index is 3.60. The van der Waals surface area contributed by atoms with E-state index in [1.165, 1.54) is 40.8 Å². The molecule has 0 amide bonds. The molecular formula is C13H19N. The summed E-state index contributed by atoms with van der Waals surface area (Å²) in [4.78, 5) is 0. The summed E-state index contributed by atoms with van der Waals surface area (Å²) in [5.74, 6) is 0. The molecule has 1 heterocycles. The van der Waals surface area contributed by atoms with Crippen LogP contribution in [-0.2, 0) is 6.42 Å². The molecule has 1 unspecified atom stereocenters. The van der Waals surface area contributed by atoms with Crippen molar-refractivity contribution in [2.75, 3.05) is 5.32 Å². The highest BCUT2D eigenvalue weighted by molar-refractivity contribution is 5.63. The van der Waals surface area contributed by atoms with Crippen LogP contribution >= 0.6 is 0 Å². The molecule has 1 atom stereocenters. The molecule has 0 radical (unpaired) electrons. The minimum atomic E-state index is 0.628. The second-order valence-electron chi connectivity index (χ2n) is 4.56. The maximum Gasteiger partial charge on any atom is 0.0407 e. The topological polar surface area (TPSA) is 12.0 Å². The highest BCUT2D eigenvalue weighted by atomic mass is 14.9. The Kier molecular flexibility index (Phi) is 2.26. The van der Waals surface area contributed by atoms with Gasteiger partial charge in [-0.2, -0.15) is 0 Å². The number of hydrogen-bond acceptors (Lipinski definition) is 1. The molecular weight excluding hydrogens is 170 g/mol. The van der Waals surface area contributed by atoms with Crippen LogP contribution in [-0.4, -0.2) is 6.04 Å². The summed E-state index contributed by atoms with van der Waals surface area (Å²) in [6, 6.07) is 2.97. The van der Waals surface area contributed by atoms with Gasteiger partial charge in [0.1, 0.15) is 0 Å². The second-order valence-corrected chi connectivity index (χ2v) is 4.56. The van der Waals surface area contributed by atoms with Crippen molar-refractivity contribution in [1.82, 2.24) is 0 Å². The lowest BCUT2D eigenvalue weighted by atomic mass is 9.91. The monoisotopic (exact) mass is 189 g/mol. The molecule has 0 fully saturated rings. The highest BCUT2D eigenvalue weighted by Crippen LogP contribution is 2.31. The summed E-state index contributed by atoms with van der Waals surface area (Å²) in [5.41, 5.74) is 7.20. The van der Waals surface area contributed by atoms with E-state index in [0.717, 1.165) is 0 Å². The molecule has 1 aliphatic rings. The van der Waals surface area contributed by atoms with Gasteiger partial charge in [-0.05, 0) is 62.8 Å². The summed E-state index contributed by atoms with van der Waals surface area (Å²) < 4.78 is 0. The Morgan fingerprint density at radius 1 is 1.21 bits per heavy atom. The Labute approximate surface area is 86.5 Å². The minimum absolute atomic E-state index is 0.628. The third-order valence-corrected chi connectivity index (χ3v) is 3.48. The number of benzene rings is 1. The molecule has 0 spiro atoms. The zero-order valence-electron chi connectivity index (χ0n) is 9.57. The molecule has 14 heavy (non-hydrogen) atoms. The lowest BCUT2D eigenvalue weighted by molar-refractivity contribution is 0.678. The van der Waals surface area contributed by atoms with E-state index in [4.69, 9.17) is 0 Å². The first-order chi connectivity index (χ1) is 6.59. The zero-order chi connectivity index (χ0) is 10.3. The Morgan fingerprint density at radius 2 is 1.93 bits per heavy atom. The Balaban J connectivity index is 2.55. The molecule has 1 aromatic rings. The standard InChI is InChI=1S/C13H19N/c1-8-7-12-6-5-9(2)14-13(12)11(4)10(8)3/h7,9,14H,5-6H2,1-4H3. The first-order valence-corrected chi connectivity index (χ1v) is 5.46. The Bertz CT molecular complexity index is 366. The molecule has 1 N–H and O–H groups in total. The van der Waals surface area contributed by atoms with Crippen LogP contribution in [0.25, 0.3) is 0 Å². The van der Waals surface area contributed by atoms with Crippen LogP contribution in [0, 0.1) is 20.8 Å². The normalized spacial score (nSPS) is 20.1. The van der Waals surface area contributed by atoms with Gasteiger partial charge in [0.25, 0.3) is 0 Å². The summed E-state index contributed by atoms with van der Waals surface area (Å²) in [5, 5.41) is 3.60. The smallest absolute Gasteiger partial charge is 0.0407 e. The first kappa shape index (κ1) is 9.57. The number of nitrogens with one attached hydrogen (secondary N) is 1. The molecule has 1 nitrogen and oxygen atoms in total. The number of fused-ring (bicyclic) bond motifs is 1. The number of anilines is 1. The third-order valence-electron chi connectivity index (χ3n) is 3.48. The average Bonchev–Trinajstić information content (AvgIpc) is 2.16. The van der Waals surface area contributed by atoms with E-state index >= 15 is 0 Å². The summed E-state index contributed by atoms with van der Waals surface area (Å²) in [6.07, 6.45) is 2.49. The number of rotatable bonds is 0. The maximum absolute atomic E-state index is 3.60. The van der Waals surface area contributed by atoms with Crippen LogP contribution in [0.1, 0.15) is 35.6 Å². The van der Waals surface area contributed by atoms with Crippen molar-refractivity contribution in [2.45, 2.75) is 46.6 Å². The van der Waals surface area contributed by atoms with Gasteiger partial charge < -0.3 is 5.32 Å². The molecule has 1 aliphatic heterocycles. The summed E-state index contributed by atoms with van der Waals surface area (Å²) >= 11 is 0. The van der Waals surface area contributed by atoms with Gasteiger partial charge in [-0.25, -0.2) is 0 Å². The molecule has 0 aromatic heterocycles. The van der Waals surface area contributed by atoms with Crippen LogP contribution < -0.4 is 5.32 Å². The van der Waals surface area contributed by atoms with Crippen molar-refractivity contribution in [1.29, 1.82) is 0 Å². The molecule has 0 saturated heterocycles. The highest BCUT2D eigenvalue weighted by Gasteiger charge is 2.17. The SMILES string of the molecule is Cc1cc2c(c(C)c1C)NC(C)CC2. The van der Waals surface area contributed by atoms with Gasteiger partial charge in [0.2, 0.25) is 0 Å². The largest absolute Gasteiger partial charge is 0.382 e. The van der Waals surface area contributed by atoms with Crippen LogP contribution in [0.3, 0.4) is 0 Å². The summed E-state index contributed by atoms with van der Waals surface area (Å²) in [6.45, 7) is 8.91. The van der Waals surface area contributed by atoms with Crippen molar-refractivity contribution >= 4 is 5.69 Å². The van der Waals surface area contributed by atoms with Crippen molar-refractivity contribution in [3.63, 3.8) is 0 Å². The first-order valence-electron chi connectivity index (χ1n) is 5.46. The lowest BCUT2D eigenvalue weighted by Gasteiger charge is -2.27. The molecule has 2 rings (SSSR count). The van der Waals surface area contributed by atoms with Gasteiger partial charge >= 0.3 is 0 Å². The quantitative estimate of drug-likeness (QED) is 0.660. The molecule has 0 bridgehead atoms. The van der Waals surface area contributed by atoms with Crippen LogP contribution in [0.5, 0.6) is 0 Å². The van der Waals surface area contributed by atoms with Gasteiger partial charge in [-0.15, -0.1) is 0 Å². The van der Waals surface area contributed by atoms with E-state index in [9.17, 15) is 0 Å². The molecule has 1 heteroatoms. The fourth-order valence-electron chi connectivity index (χ4n) is 2.25. The van der Waals surface area contributed by atoms with Crippen LogP contribution in [0.4, 0.5) is 5.69 Å². The van der Waals surface area contributed by atoms with Gasteiger partial charge in [-0.1, -0.05) is 6.07 Å². The molecule has 0 aliphatic carbocycles. The van der Waals surface area contributed by atoms with E-state index in [1.54, 1.807) is 0 Å². The van der Waals surface area contributed by atoms with E-state index < -0.39 is 0 Å². The Morgan fingerprint density at radius 3 is 2.64 bits per heavy atom. The van der Waals surface area contributed by atoms with Gasteiger partial charge in [0, 0.05) is 11.7 Å². The van der Waals surface area contributed by atoms with E-state index in [2.05, 4.69) is 39.1 Å². The second kappa shape index (κ2) is 3.30. The van der Waals surface area contributed by atoms with E-state index in [1.807, 2.05) is 0 Å². The Hall–Kier alpha value is -0.980. The third kappa shape index (κ3) is 1.41. The van der Waals surface area contributed by atoms with E-state index in [-0.39, 0.29) is 0 Å². The molecule has 0 saturated carbocycles. The number of aryl methyl sites for hydroxylation is 2. The van der Waals surface area contributed by atoms with Crippen LogP contribution in [0.2, 0.25) is 0 Å². The lowest BCUT2D eigenvalue weighted by Crippen LogP contribution is -2.23. The van der Waals surface area contributed by atoms with Crippen LogP contribution in [0.15, 0.2) is 6.07 Å². The molecule has 76 valence electrons. The predicted octanol–water partition coefficient (Wildman–Crippen LogP) is 3.36. The van der Waals surface area contributed by atoms with Gasteiger partial charge in [0.15, 0.2) is 0 Å². The van der Waals surface area contributed by atoms with Crippen molar-refractivity contribution < 1.29 is 0 Å². The number of hydrogen-bond donors (Lipinski definition) is 1.